The molecular weight excluding hydrogens is 424 g/mol. The van der Waals surface area contributed by atoms with Crippen molar-refractivity contribution in [1.82, 2.24) is 19.8 Å². The van der Waals surface area contributed by atoms with Crippen molar-refractivity contribution in [3.05, 3.63) is 64.9 Å². The lowest BCUT2D eigenvalue weighted by molar-refractivity contribution is -0.133. The van der Waals surface area contributed by atoms with Crippen LogP contribution >= 0.6 is 11.6 Å². The number of likely N-dealkylation sites (N-methyl/N-ethyl adjacent to an activating group) is 1. The molecule has 4 rings (SSSR count). The fraction of sp³-hybridized carbons (Fsp3) is 0.400. The van der Waals surface area contributed by atoms with Gasteiger partial charge in [0.2, 0.25) is 5.91 Å². The summed E-state index contributed by atoms with van der Waals surface area (Å²) in [6.07, 6.45) is 6.32. The van der Waals surface area contributed by atoms with E-state index < -0.39 is 0 Å². The number of carbonyl (C=O) groups is 2. The lowest BCUT2D eigenvalue weighted by Crippen LogP contribution is -2.40. The average molecular weight is 453 g/mol. The van der Waals surface area contributed by atoms with Gasteiger partial charge in [-0.15, -0.1) is 0 Å². The number of hydrogen-bond donors (Lipinski definition) is 1. The van der Waals surface area contributed by atoms with Crippen molar-refractivity contribution < 1.29 is 9.59 Å². The highest BCUT2D eigenvalue weighted by atomic mass is 35.5. The number of para-hydroxylation sites is 2. The van der Waals surface area contributed by atoms with Crippen LogP contribution in [0.1, 0.15) is 48.3 Å². The van der Waals surface area contributed by atoms with Gasteiger partial charge in [-0.1, -0.05) is 49.1 Å². The molecule has 1 fully saturated rings. The summed E-state index contributed by atoms with van der Waals surface area (Å²) in [5.41, 5.74) is 2.32. The van der Waals surface area contributed by atoms with E-state index in [2.05, 4.69) is 5.32 Å². The Hall–Kier alpha value is -2.86. The molecule has 0 radical (unpaired) electrons. The summed E-state index contributed by atoms with van der Waals surface area (Å²) in [5, 5.41) is 3.46. The number of amides is 2. The first-order chi connectivity index (χ1) is 15.5. The monoisotopic (exact) mass is 452 g/mol. The summed E-state index contributed by atoms with van der Waals surface area (Å²) < 4.78 is 1.99. The lowest BCUT2D eigenvalue weighted by atomic mass is 9.94. The molecule has 1 aliphatic carbocycles. The second kappa shape index (κ2) is 10.2. The molecule has 0 saturated heterocycles. The topological polar surface area (TPSA) is 67.2 Å². The van der Waals surface area contributed by atoms with Gasteiger partial charge in [0.15, 0.2) is 0 Å². The van der Waals surface area contributed by atoms with Gasteiger partial charge in [0.05, 0.1) is 11.0 Å². The lowest BCUT2D eigenvalue weighted by Gasteiger charge is -2.31. The Balaban J connectivity index is 1.46. The van der Waals surface area contributed by atoms with Gasteiger partial charge in [0.25, 0.3) is 5.91 Å². The third-order valence-electron chi connectivity index (χ3n) is 6.26. The fourth-order valence-corrected chi connectivity index (χ4v) is 4.62. The van der Waals surface area contributed by atoms with Crippen LogP contribution in [0.3, 0.4) is 0 Å². The second-order valence-corrected chi connectivity index (χ2v) is 8.85. The highest BCUT2D eigenvalue weighted by Crippen LogP contribution is 2.23. The third kappa shape index (κ3) is 5.13. The Morgan fingerprint density at radius 3 is 2.69 bits per heavy atom. The van der Waals surface area contributed by atoms with Crippen LogP contribution in [-0.2, 0) is 17.8 Å². The number of imidazole rings is 1. The molecule has 0 spiro atoms. The average Bonchev–Trinajstić information content (AvgIpc) is 3.16. The van der Waals surface area contributed by atoms with E-state index in [1.165, 1.54) is 19.3 Å². The summed E-state index contributed by atoms with van der Waals surface area (Å²) >= 11 is 5.99. The van der Waals surface area contributed by atoms with E-state index in [9.17, 15) is 9.59 Å². The Morgan fingerprint density at radius 2 is 1.91 bits per heavy atom. The van der Waals surface area contributed by atoms with Crippen LogP contribution in [0.25, 0.3) is 11.0 Å². The highest BCUT2D eigenvalue weighted by molar-refractivity contribution is 6.30. The standard InChI is InChI=1S/C25H29ClN4O2/c1-29(20-10-3-2-4-11-20)24(31)17-30-22-13-6-5-12-21(22)28-23(30)14-15-27-25(32)18-8-7-9-19(26)16-18/h5-9,12-13,16,20H,2-4,10-11,14-15,17H2,1H3,(H,27,32). The number of hydrogen-bond acceptors (Lipinski definition) is 3. The van der Waals surface area contributed by atoms with Crippen LogP contribution in [0.5, 0.6) is 0 Å². The van der Waals surface area contributed by atoms with E-state index in [1.807, 2.05) is 40.8 Å². The van der Waals surface area contributed by atoms with Gasteiger partial charge in [-0.05, 0) is 43.2 Å². The van der Waals surface area contributed by atoms with Crippen molar-refractivity contribution in [2.24, 2.45) is 0 Å². The first kappa shape index (κ1) is 22.3. The van der Waals surface area contributed by atoms with E-state index in [0.29, 0.717) is 29.6 Å². The maximum atomic E-state index is 13.1. The molecule has 1 aromatic heterocycles. The molecule has 32 heavy (non-hydrogen) atoms. The third-order valence-corrected chi connectivity index (χ3v) is 6.50. The smallest absolute Gasteiger partial charge is 0.251 e. The highest BCUT2D eigenvalue weighted by Gasteiger charge is 2.23. The van der Waals surface area contributed by atoms with Crippen molar-refractivity contribution in [3.63, 3.8) is 0 Å². The molecule has 1 aliphatic rings. The molecule has 0 unspecified atom stereocenters. The number of carbonyl (C=O) groups excluding carboxylic acids is 2. The van der Waals surface area contributed by atoms with Crippen molar-refractivity contribution in [2.75, 3.05) is 13.6 Å². The minimum absolute atomic E-state index is 0.101. The molecule has 0 bridgehead atoms. The van der Waals surface area contributed by atoms with Crippen LogP contribution in [0.2, 0.25) is 5.02 Å². The summed E-state index contributed by atoms with van der Waals surface area (Å²) in [6.45, 7) is 0.673. The zero-order chi connectivity index (χ0) is 22.5. The number of fused-ring (bicyclic) bond motifs is 1. The molecule has 2 aromatic carbocycles. The molecule has 3 aromatic rings. The van der Waals surface area contributed by atoms with Crippen molar-refractivity contribution in [2.45, 2.75) is 51.1 Å². The van der Waals surface area contributed by atoms with E-state index in [0.717, 1.165) is 29.7 Å². The Morgan fingerprint density at radius 1 is 1.12 bits per heavy atom. The molecule has 1 heterocycles. The van der Waals surface area contributed by atoms with E-state index >= 15 is 0 Å². The number of aromatic nitrogens is 2. The molecule has 1 N–H and O–H groups in total. The van der Waals surface area contributed by atoms with Gasteiger partial charge in [0.1, 0.15) is 12.4 Å². The van der Waals surface area contributed by atoms with Crippen molar-refractivity contribution in [3.8, 4) is 0 Å². The number of nitrogens with zero attached hydrogens (tertiary/aromatic N) is 3. The van der Waals surface area contributed by atoms with Gasteiger partial charge < -0.3 is 14.8 Å². The zero-order valence-electron chi connectivity index (χ0n) is 18.4. The second-order valence-electron chi connectivity index (χ2n) is 8.42. The molecule has 2 amide bonds. The first-order valence-corrected chi connectivity index (χ1v) is 11.6. The van der Waals surface area contributed by atoms with E-state index in [1.54, 1.807) is 24.3 Å². The summed E-state index contributed by atoms with van der Waals surface area (Å²) in [5.74, 6) is 0.718. The van der Waals surface area contributed by atoms with Crippen molar-refractivity contribution in [1.29, 1.82) is 0 Å². The summed E-state index contributed by atoms with van der Waals surface area (Å²) in [4.78, 5) is 32.2. The fourth-order valence-electron chi connectivity index (χ4n) is 4.43. The van der Waals surface area contributed by atoms with Gasteiger partial charge in [-0.2, -0.15) is 0 Å². The van der Waals surface area contributed by atoms with Gasteiger partial charge in [0, 0.05) is 36.6 Å². The number of benzene rings is 2. The molecule has 0 aliphatic heterocycles. The van der Waals surface area contributed by atoms with E-state index in [4.69, 9.17) is 16.6 Å². The van der Waals surface area contributed by atoms with Crippen LogP contribution < -0.4 is 5.32 Å². The van der Waals surface area contributed by atoms with Gasteiger partial charge in [-0.3, -0.25) is 9.59 Å². The van der Waals surface area contributed by atoms with E-state index in [-0.39, 0.29) is 18.4 Å². The maximum Gasteiger partial charge on any atom is 0.251 e. The minimum atomic E-state index is -0.178. The van der Waals surface area contributed by atoms with Crippen LogP contribution in [0, 0.1) is 0 Å². The Kier molecular flexibility index (Phi) is 7.10. The largest absolute Gasteiger partial charge is 0.352 e. The Bertz CT molecular complexity index is 1100. The number of halogens is 1. The molecule has 0 atom stereocenters. The summed E-state index contributed by atoms with van der Waals surface area (Å²) in [7, 11) is 1.92. The number of rotatable bonds is 7. The SMILES string of the molecule is CN(C(=O)Cn1c(CCNC(=O)c2cccc(Cl)c2)nc2ccccc21)C1CCCCC1. The van der Waals surface area contributed by atoms with Crippen LogP contribution in [0.4, 0.5) is 0 Å². The quantitative estimate of drug-likeness (QED) is 0.575. The van der Waals surface area contributed by atoms with Crippen LogP contribution in [-0.4, -0.2) is 45.9 Å². The number of nitrogens with one attached hydrogen (secondary N) is 1. The molecular formula is C25H29ClN4O2. The van der Waals surface area contributed by atoms with Crippen molar-refractivity contribution >= 4 is 34.4 Å². The predicted molar refractivity (Wildman–Crippen MR) is 127 cm³/mol. The predicted octanol–water partition coefficient (Wildman–Crippen LogP) is 4.45. The van der Waals surface area contributed by atoms with Gasteiger partial charge in [-0.25, -0.2) is 4.98 Å². The molecule has 7 heteroatoms. The van der Waals surface area contributed by atoms with Gasteiger partial charge >= 0.3 is 0 Å². The normalized spacial score (nSPS) is 14.4. The maximum absolute atomic E-state index is 13.1. The molecule has 168 valence electrons. The zero-order valence-corrected chi connectivity index (χ0v) is 19.1. The summed E-state index contributed by atoms with van der Waals surface area (Å²) in [6, 6.07) is 15.0. The van der Waals surface area contributed by atoms with Crippen LogP contribution in [0.15, 0.2) is 48.5 Å². The minimum Gasteiger partial charge on any atom is -0.352 e. The molecule has 1 saturated carbocycles. The molecule has 6 nitrogen and oxygen atoms in total. The first-order valence-electron chi connectivity index (χ1n) is 11.3. The Labute approximate surface area is 193 Å².